The first-order valence-corrected chi connectivity index (χ1v) is 5.05. The Morgan fingerprint density at radius 1 is 1.47 bits per heavy atom. The first-order valence-electron chi connectivity index (χ1n) is 5.05. The lowest BCUT2D eigenvalue weighted by Crippen LogP contribution is -2.39. The zero-order valence-electron chi connectivity index (χ0n) is 9.97. The van der Waals surface area contributed by atoms with Crippen LogP contribution in [0.25, 0.3) is 0 Å². The van der Waals surface area contributed by atoms with Gasteiger partial charge >= 0.3 is 12.1 Å². The smallest absolute Gasteiger partial charge is 0.417 e. The van der Waals surface area contributed by atoms with E-state index >= 15 is 0 Å². The normalized spacial score (nSPS) is 11.0. The fourth-order valence-corrected chi connectivity index (χ4v) is 1.11. The molecule has 0 bridgehead atoms. The highest BCUT2D eigenvalue weighted by Crippen LogP contribution is 2.18. The summed E-state index contributed by atoms with van der Waals surface area (Å²) in [7, 11) is 0. The van der Waals surface area contributed by atoms with Crippen molar-refractivity contribution in [1.82, 2.24) is 0 Å². The molecular formula is C11H15NO5. The molecule has 0 aromatic carbocycles. The minimum absolute atomic E-state index is 0.140. The number of ether oxygens (including phenoxy) is 1. The average Bonchev–Trinajstić information content (AvgIpc) is 2.63. The third-order valence-electron chi connectivity index (χ3n) is 1.68. The molecule has 0 atom stereocenters. The summed E-state index contributed by atoms with van der Waals surface area (Å²) in [5.74, 6) is -1.01. The van der Waals surface area contributed by atoms with E-state index in [1.165, 1.54) is 12.3 Å². The molecule has 0 aliphatic rings. The predicted molar refractivity (Wildman–Crippen MR) is 59.9 cm³/mol. The van der Waals surface area contributed by atoms with Gasteiger partial charge in [0.2, 0.25) is 5.88 Å². The van der Waals surface area contributed by atoms with Crippen LogP contribution in [0.3, 0.4) is 0 Å². The Balaban J connectivity index is 2.84. The van der Waals surface area contributed by atoms with Crippen LogP contribution in [0, 0.1) is 0 Å². The van der Waals surface area contributed by atoms with Crippen molar-refractivity contribution in [3.8, 4) is 0 Å². The van der Waals surface area contributed by atoms with Crippen LogP contribution in [0.4, 0.5) is 10.7 Å². The van der Waals surface area contributed by atoms with Crippen LogP contribution >= 0.6 is 0 Å². The quantitative estimate of drug-likeness (QED) is 0.876. The molecular weight excluding hydrogens is 226 g/mol. The van der Waals surface area contributed by atoms with Gasteiger partial charge in [-0.15, -0.1) is 0 Å². The molecule has 6 heteroatoms. The maximum absolute atomic E-state index is 11.8. The van der Waals surface area contributed by atoms with Gasteiger partial charge in [-0.05, 0) is 26.8 Å². The highest BCUT2D eigenvalue weighted by molar-refractivity contribution is 5.91. The third kappa shape index (κ3) is 4.18. The van der Waals surface area contributed by atoms with Gasteiger partial charge in [-0.3, -0.25) is 4.79 Å². The van der Waals surface area contributed by atoms with Gasteiger partial charge in [-0.1, -0.05) is 0 Å². The van der Waals surface area contributed by atoms with E-state index in [9.17, 15) is 9.59 Å². The second-order valence-electron chi connectivity index (χ2n) is 4.41. The van der Waals surface area contributed by atoms with E-state index in [4.69, 9.17) is 14.3 Å². The minimum atomic E-state index is -1.15. The molecule has 0 aliphatic heterocycles. The molecule has 1 aromatic heterocycles. The Morgan fingerprint density at radius 2 is 2.12 bits per heavy atom. The van der Waals surface area contributed by atoms with E-state index in [0.29, 0.717) is 0 Å². The summed E-state index contributed by atoms with van der Waals surface area (Å²) >= 11 is 0. The van der Waals surface area contributed by atoms with Gasteiger partial charge in [-0.25, -0.2) is 9.69 Å². The number of aliphatic carboxylic acids is 1. The zero-order valence-corrected chi connectivity index (χ0v) is 9.97. The van der Waals surface area contributed by atoms with Crippen molar-refractivity contribution in [2.75, 3.05) is 11.4 Å². The highest BCUT2D eigenvalue weighted by atomic mass is 16.6. The molecule has 94 valence electrons. The number of hydrogen-bond donors (Lipinski definition) is 1. The summed E-state index contributed by atoms with van der Waals surface area (Å²) in [6.45, 7) is 4.59. The lowest BCUT2D eigenvalue weighted by atomic mass is 10.2. The van der Waals surface area contributed by atoms with Crippen molar-refractivity contribution >= 4 is 17.9 Å². The van der Waals surface area contributed by atoms with Crippen LogP contribution in [0.15, 0.2) is 22.8 Å². The second-order valence-corrected chi connectivity index (χ2v) is 4.41. The number of carboxylic acid groups (broad SMARTS) is 1. The lowest BCUT2D eigenvalue weighted by Gasteiger charge is -2.24. The Bertz CT molecular complexity index is 390. The summed E-state index contributed by atoms with van der Waals surface area (Å²) in [5.41, 5.74) is -0.694. The second kappa shape index (κ2) is 4.90. The maximum atomic E-state index is 11.8. The Labute approximate surface area is 98.8 Å². The number of carboxylic acids is 1. The van der Waals surface area contributed by atoms with Gasteiger partial charge in [0.1, 0.15) is 12.1 Å². The van der Waals surface area contributed by atoms with Gasteiger partial charge in [0.05, 0.1) is 6.26 Å². The van der Waals surface area contributed by atoms with Crippen LogP contribution in [0.2, 0.25) is 0 Å². The third-order valence-corrected chi connectivity index (χ3v) is 1.68. The van der Waals surface area contributed by atoms with Crippen molar-refractivity contribution < 1.29 is 23.8 Å². The Morgan fingerprint density at radius 3 is 2.53 bits per heavy atom. The lowest BCUT2D eigenvalue weighted by molar-refractivity contribution is -0.135. The molecule has 1 heterocycles. The number of nitrogens with zero attached hydrogens (tertiary/aromatic N) is 1. The van der Waals surface area contributed by atoms with Gasteiger partial charge in [-0.2, -0.15) is 0 Å². The predicted octanol–water partition coefficient (Wildman–Crippen LogP) is 2.11. The summed E-state index contributed by atoms with van der Waals surface area (Å²) < 4.78 is 10.1. The molecule has 1 N–H and O–H groups in total. The summed E-state index contributed by atoms with van der Waals surface area (Å²) in [4.78, 5) is 23.4. The van der Waals surface area contributed by atoms with Crippen molar-refractivity contribution in [1.29, 1.82) is 0 Å². The topological polar surface area (TPSA) is 80.0 Å². The van der Waals surface area contributed by atoms with Crippen LogP contribution in [0.1, 0.15) is 20.8 Å². The van der Waals surface area contributed by atoms with Crippen molar-refractivity contribution in [2.24, 2.45) is 0 Å². The van der Waals surface area contributed by atoms with Crippen LogP contribution < -0.4 is 4.90 Å². The van der Waals surface area contributed by atoms with E-state index in [1.807, 2.05) is 0 Å². The van der Waals surface area contributed by atoms with Gasteiger partial charge in [0.25, 0.3) is 0 Å². The van der Waals surface area contributed by atoms with Crippen LogP contribution in [-0.2, 0) is 9.53 Å². The fraction of sp³-hybridized carbons (Fsp3) is 0.455. The SMILES string of the molecule is CC(C)(C)OC(=O)N(CC(=O)O)c1ccco1. The molecule has 1 amide bonds. The van der Waals surface area contributed by atoms with E-state index in [1.54, 1.807) is 26.8 Å². The molecule has 0 saturated heterocycles. The van der Waals surface area contributed by atoms with E-state index in [2.05, 4.69) is 0 Å². The molecule has 0 radical (unpaired) electrons. The molecule has 17 heavy (non-hydrogen) atoms. The zero-order chi connectivity index (χ0) is 13.1. The molecule has 1 rings (SSSR count). The maximum Gasteiger partial charge on any atom is 0.417 e. The van der Waals surface area contributed by atoms with Crippen molar-refractivity contribution in [3.05, 3.63) is 18.4 Å². The summed E-state index contributed by atoms with van der Waals surface area (Å²) in [5, 5.41) is 8.74. The number of furan rings is 1. The summed E-state index contributed by atoms with van der Waals surface area (Å²) in [6.07, 6.45) is 0.601. The van der Waals surface area contributed by atoms with Crippen molar-refractivity contribution in [2.45, 2.75) is 26.4 Å². The summed E-state index contributed by atoms with van der Waals surface area (Å²) in [6, 6.07) is 3.06. The molecule has 0 fully saturated rings. The van der Waals surface area contributed by atoms with Gasteiger partial charge in [0.15, 0.2) is 0 Å². The van der Waals surface area contributed by atoms with E-state index in [-0.39, 0.29) is 5.88 Å². The molecule has 0 saturated carbocycles. The molecule has 6 nitrogen and oxygen atoms in total. The average molecular weight is 241 g/mol. The number of hydrogen-bond acceptors (Lipinski definition) is 4. The first kappa shape index (κ1) is 13.1. The first-order chi connectivity index (χ1) is 7.79. The fourth-order valence-electron chi connectivity index (χ4n) is 1.11. The number of carbonyl (C=O) groups is 2. The van der Waals surface area contributed by atoms with E-state index < -0.39 is 24.2 Å². The molecule has 0 unspecified atom stereocenters. The Hall–Kier alpha value is -1.98. The molecule has 0 aliphatic carbocycles. The van der Waals surface area contributed by atoms with E-state index in [0.717, 1.165) is 4.90 Å². The molecule has 0 spiro atoms. The Kier molecular flexibility index (Phi) is 3.77. The van der Waals surface area contributed by atoms with Crippen LogP contribution in [0.5, 0.6) is 0 Å². The van der Waals surface area contributed by atoms with Gasteiger partial charge in [0, 0.05) is 6.07 Å². The highest BCUT2D eigenvalue weighted by Gasteiger charge is 2.26. The minimum Gasteiger partial charge on any atom is -0.480 e. The standard InChI is InChI=1S/C11H15NO5/c1-11(2,3)17-10(15)12(7-9(13)14)8-5-4-6-16-8/h4-6H,7H2,1-3H3,(H,13,14). The number of rotatable bonds is 3. The van der Waals surface area contributed by atoms with Crippen molar-refractivity contribution in [3.63, 3.8) is 0 Å². The number of carbonyl (C=O) groups excluding carboxylic acids is 1. The van der Waals surface area contributed by atoms with Gasteiger partial charge < -0.3 is 14.3 Å². The number of amides is 1. The largest absolute Gasteiger partial charge is 0.480 e. The number of anilines is 1. The molecule has 1 aromatic rings. The monoisotopic (exact) mass is 241 g/mol. The van der Waals surface area contributed by atoms with Crippen LogP contribution in [-0.4, -0.2) is 29.3 Å².